The summed E-state index contributed by atoms with van der Waals surface area (Å²) in [6.45, 7) is 17.6. The van der Waals surface area contributed by atoms with Crippen molar-refractivity contribution in [2.45, 2.75) is 186 Å². The molecule has 0 aromatic rings. The summed E-state index contributed by atoms with van der Waals surface area (Å²) < 4.78 is 37.3. The Labute approximate surface area is 299 Å². The van der Waals surface area contributed by atoms with Gasteiger partial charge in [0, 0.05) is 25.5 Å². The summed E-state index contributed by atoms with van der Waals surface area (Å²) >= 11 is 0. The average Bonchev–Trinajstić information content (AvgIpc) is 3.02. The number of aliphatic hydroxyl groups excluding tert-OH is 3. The lowest BCUT2D eigenvalue weighted by molar-refractivity contribution is -0.318. The lowest BCUT2D eigenvalue weighted by Crippen LogP contribution is -2.61. The molecule has 3 heterocycles. The maximum Gasteiger partial charge on any atom is 0.311 e. The Kier molecular flexibility index (Phi) is 14.8. The smallest absolute Gasteiger partial charge is 0.311 e. The molecular formula is C37H69NO12. The number of methoxy groups -OCH3 is 1. The highest BCUT2D eigenvalue weighted by Gasteiger charge is 2.52. The minimum atomic E-state index is -1.75. The molecule has 3 aliphatic heterocycles. The molecule has 0 saturated carbocycles. The van der Waals surface area contributed by atoms with Crippen LogP contribution in [0, 0.1) is 23.7 Å². The maximum absolute atomic E-state index is 14.1. The number of nitrogens with zero attached hydrogens (tertiary/aromatic N) is 1. The van der Waals surface area contributed by atoms with Gasteiger partial charge >= 0.3 is 5.97 Å². The van der Waals surface area contributed by atoms with Crippen molar-refractivity contribution in [3.05, 3.63) is 0 Å². The maximum atomic E-state index is 14.1. The molecule has 0 aromatic heterocycles. The standard InChI is InChI=1S/C37H69NO12/c1-14-26-37(10,44)30(40)20(3)15-19(2)17-35(8,43)32(50-34-28(39)25(38(11)12)16-21(4)46-34)22(5)29(23(6)33(42)48-26)49-27-18-36(9,45-13)31(41)24(7)47-27/h19-32,34,39-41,43-44H,14-18H2,1-13H3/t19-,20-,21+,22-,23+,24-,25-,26+,27-,28+,29-,30+,31-,32+,34-,35+,36+,37+/m0/s1. The molecule has 50 heavy (non-hydrogen) atoms. The van der Waals surface area contributed by atoms with Crippen molar-refractivity contribution in [1.82, 2.24) is 4.90 Å². The van der Waals surface area contributed by atoms with Gasteiger partial charge in [0.1, 0.15) is 23.9 Å². The second-order valence-electron chi connectivity index (χ2n) is 16.7. The Hall–Kier alpha value is -0.970. The Balaban J connectivity index is 2.15. The highest BCUT2D eigenvalue weighted by molar-refractivity contribution is 5.73. The molecule has 13 nitrogen and oxygen atoms in total. The fourth-order valence-electron chi connectivity index (χ4n) is 8.71. The van der Waals surface area contributed by atoms with Crippen LogP contribution in [0.1, 0.15) is 101 Å². The van der Waals surface area contributed by atoms with Gasteiger partial charge in [0.05, 0.1) is 47.6 Å². The van der Waals surface area contributed by atoms with Crippen molar-refractivity contribution in [2.75, 3.05) is 21.2 Å². The van der Waals surface area contributed by atoms with Gasteiger partial charge in [-0.25, -0.2) is 0 Å². The van der Waals surface area contributed by atoms with Crippen molar-refractivity contribution in [2.24, 2.45) is 23.7 Å². The number of carbonyl (C=O) groups excluding carboxylic acids is 1. The Bertz CT molecular complexity index is 1090. The fraction of sp³-hybridized carbons (Fsp3) is 0.973. The zero-order valence-electron chi connectivity index (χ0n) is 32.7. The number of ether oxygens (including phenoxy) is 6. The van der Waals surface area contributed by atoms with Gasteiger partial charge in [-0.15, -0.1) is 0 Å². The highest BCUT2D eigenvalue weighted by atomic mass is 16.7. The predicted molar refractivity (Wildman–Crippen MR) is 186 cm³/mol. The van der Waals surface area contributed by atoms with E-state index < -0.39 is 95.8 Å². The minimum absolute atomic E-state index is 0.141. The molecule has 0 unspecified atom stereocenters. The molecule has 294 valence electrons. The number of aliphatic hydroxyl groups is 5. The van der Waals surface area contributed by atoms with E-state index in [0.29, 0.717) is 12.8 Å². The van der Waals surface area contributed by atoms with Crippen molar-refractivity contribution < 1.29 is 58.7 Å². The summed E-state index contributed by atoms with van der Waals surface area (Å²) in [7, 11) is 5.28. The zero-order valence-corrected chi connectivity index (χ0v) is 32.7. The predicted octanol–water partition coefficient (Wildman–Crippen LogP) is 2.61. The molecule has 5 N–H and O–H groups in total. The molecule has 0 spiro atoms. The van der Waals surface area contributed by atoms with E-state index in [-0.39, 0.29) is 37.3 Å². The first kappa shape index (κ1) is 43.4. The van der Waals surface area contributed by atoms with Crippen LogP contribution in [0.2, 0.25) is 0 Å². The number of hydrogen-bond acceptors (Lipinski definition) is 13. The van der Waals surface area contributed by atoms with Crippen LogP contribution in [0.3, 0.4) is 0 Å². The van der Waals surface area contributed by atoms with Gasteiger partial charge in [0.15, 0.2) is 12.6 Å². The molecule has 0 aliphatic carbocycles. The number of carbonyl (C=O) groups is 1. The van der Waals surface area contributed by atoms with E-state index in [4.69, 9.17) is 28.4 Å². The van der Waals surface area contributed by atoms with Crippen molar-refractivity contribution in [1.29, 1.82) is 0 Å². The minimum Gasteiger partial charge on any atom is -0.459 e. The number of likely N-dealkylation sites (N-methyl/N-ethyl adjacent to an activating group) is 1. The van der Waals surface area contributed by atoms with Gasteiger partial charge in [0.2, 0.25) is 0 Å². The first-order chi connectivity index (χ1) is 23.0. The third kappa shape index (κ3) is 9.57. The van der Waals surface area contributed by atoms with Crippen molar-refractivity contribution >= 4 is 5.97 Å². The first-order valence-electron chi connectivity index (χ1n) is 18.5. The second kappa shape index (κ2) is 17.0. The first-order valence-corrected chi connectivity index (χ1v) is 18.5. The molecule has 3 saturated heterocycles. The van der Waals surface area contributed by atoms with Crippen LogP contribution in [0.4, 0.5) is 0 Å². The zero-order chi connectivity index (χ0) is 38.1. The third-order valence-corrected chi connectivity index (χ3v) is 11.8. The monoisotopic (exact) mass is 719 g/mol. The molecule has 0 bridgehead atoms. The Morgan fingerprint density at radius 2 is 1.52 bits per heavy atom. The number of hydrogen-bond donors (Lipinski definition) is 5. The van der Waals surface area contributed by atoms with Crippen molar-refractivity contribution in [3.63, 3.8) is 0 Å². The lowest BCUT2D eigenvalue weighted by atomic mass is 9.74. The van der Waals surface area contributed by atoms with E-state index in [1.807, 2.05) is 46.7 Å². The summed E-state index contributed by atoms with van der Waals surface area (Å²) in [6.07, 6.45) is -7.54. The van der Waals surface area contributed by atoms with Gasteiger partial charge < -0.3 is 58.9 Å². The molecular weight excluding hydrogens is 650 g/mol. The Morgan fingerprint density at radius 1 is 0.900 bits per heavy atom. The van der Waals surface area contributed by atoms with Crippen LogP contribution in [-0.2, 0) is 33.2 Å². The average molecular weight is 720 g/mol. The lowest BCUT2D eigenvalue weighted by Gasteiger charge is -2.49. The van der Waals surface area contributed by atoms with Crippen LogP contribution < -0.4 is 0 Å². The largest absolute Gasteiger partial charge is 0.459 e. The molecule has 18 atom stereocenters. The van der Waals surface area contributed by atoms with E-state index in [1.165, 1.54) is 14.0 Å². The van der Waals surface area contributed by atoms with E-state index in [2.05, 4.69) is 0 Å². The SMILES string of the molecule is CC[C@H]1OC(=O)[C@H](C)[C@@H](O[C@H]2C[C@@](C)(OC)[C@@H](O)[C@H](C)O2)[C@H](C)[C@@H](O[C@@H]2O[C@H](C)C[C@H](N(C)C)[C@H]2O)[C@](C)(O)C[C@@H](C)C[C@H](C)[C@@H](O)[C@]1(C)O. The van der Waals surface area contributed by atoms with Gasteiger partial charge in [-0.3, -0.25) is 4.79 Å². The van der Waals surface area contributed by atoms with Crippen molar-refractivity contribution in [3.8, 4) is 0 Å². The summed E-state index contributed by atoms with van der Waals surface area (Å²) in [4.78, 5) is 16.0. The van der Waals surface area contributed by atoms with E-state index in [0.717, 1.165) is 0 Å². The summed E-state index contributed by atoms with van der Waals surface area (Å²) in [5.41, 5.74) is -4.32. The van der Waals surface area contributed by atoms with Gasteiger partial charge in [0.25, 0.3) is 0 Å². The second-order valence-corrected chi connectivity index (χ2v) is 16.7. The molecule has 3 rings (SSSR count). The number of rotatable bonds is 7. The topological polar surface area (TPSA) is 177 Å². The molecule has 3 fully saturated rings. The molecule has 0 radical (unpaired) electrons. The number of esters is 1. The van der Waals surface area contributed by atoms with Crippen LogP contribution >= 0.6 is 0 Å². The highest BCUT2D eigenvalue weighted by Crippen LogP contribution is 2.41. The van der Waals surface area contributed by atoms with Crippen LogP contribution in [0.15, 0.2) is 0 Å². The van der Waals surface area contributed by atoms with Crippen LogP contribution in [0.25, 0.3) is 0 Å². The van der Waals surface area contributed by atoms with Gasteiger partial charge in [-0.05, 0) is 93.2 Å². The fourth-order valence-corrected chi connectivity index (χ4v) is 8.71. The third-order valence-electron chi connectivity index (χ3n) is 11.8. The van der Waals surface area contributed by atoms with Gasteiger partial charge in [-0.2, -0.15) is 0 Å². The number of cyclic esters (lactones) is 1. The van der Waals surface area contributed by atoms with E-state index in [1.54, 1.807) is 34.6 Å². The van der Waals surface area contributed by atoms with Crippen LogP contribution in [-0.4, -0.2) is 142 Å². The molecule has 3 aliphatic rings. The molecule has 0 aromatic carbocycles. The van der Waals surface area contributed by atoms with E-state index in [9.17, 15) is 30.3 Å². The Morgan fingerprint density at radius 3 is 2.08 bits per heavy atom. The normalized spacial score (nSPS) is 50.5. The summed E-state index contributed by atoms with van der Waals surface area (Å²) in [5, 5.41) is 57.7. The van der Waals surface area contributed by atoms with E-state index >= 15 is 0 Å². The molecule has 13 heteroatoms. The van der Waals surface area contributed by atoms with Crippen LogP contribution in [0.5, 0.6) is 0 Å². The van der Waals surface area contributed by atoms with Gasteiger partial charge in [-0.1, -0.05) is 27.7 Å². The molecule has 0 amide bonds. The summed E-state index contributed by atoms with van der Waals surface area (Å²) in [6, 6.07) is -0.265. The summed E-state index contributed by atoms with van der Waals surface area (Å²) in [5.74, 6) is -2.94. The quantitative estimate of drug-likeness (QED) is 0.243.